The molecular weight excluding hydrogens is 412 g/mol. The Kier molecular flexibility index (Phi) is 8.23. The molecule has 0 radical (unpaired) electrons. The first-order valence-corrected chi connectivity index (χ1v) is 10.3. The fraction of sp³-hybridized carbons (Fsp3) is 0.524. The quantitative estimate of drug-likeness (QED) is 0.518. The van der Waals surface area contributed by atoms with E-state index in [1.807, 2.05) is 0 Å². The fourth-order valence-corrected chi connectivity index (χ4v) is 3.85. The predicted molar refractivity (Wildman–Crippen MR) is 110 cm³/mol. The largest absolute Gasteiger partial charge is 0.424 e. The molecule has 1 aliphatic rings. The van der Waals surface area contributed by atoms with Crippen LogP contribution in [0.2, 0.25) is 5.02 Å². The minimum Gasteiger partial charge on any atom is -0.424 e. The highest BCUT2D eigenvalue weighted by atomic mass is 35.5. The minimum absolute atomic E-state index is 0.117. The lowest BCUT2D eigenvalue weighted by molar-refractivity contribution is -0.167. The van der Waals surface area contributed by atoms with Crippen LogP contribution in [0.3, 0.4) is 0 Å². The Morgan fingerprint density at radius 3 is 2.57 bits per heavy atom. The van der Waals surface area contributed by atoms with Crippen LogP contribution in [0.5, 0.6) is 0 Å². The maximum Gasteiger partial charge on any atom is 0.413 e. The Bertz CT molecular complexity index is 814. The van der Waals surface area contributed by atoms with E-state index in [-0.39, 0.29) is 24.7 Å². The first-order valence-electron chi connectivity index (χ1n) is 9.91. The van der Waals surface area contributed by atoms with Gasteiger partial charge in [-0.15, -0.1) is 0 Å². The number of ketones is 1. The molecule has 164 valence electrons. The number of hydrogen-bond donors (Lipinski definition) is 1. The number of ether oxygens (including phenoxy) is 2. The second kappa shape index (κ2) is 10.4. The highest BCUT2D eigenvalue weighted by molar-refractivity contribution is 6.31. The molecule has 1 aromatic rings. The van der Waals surface area contributed by atoms with Gasteiger partial charge in [-0.05, 0) is 25.3 Å². The molecule has 1 unspecified atom stereocenters. The van der Waals surface area contributed by atoms with Crippen molar-refractivity contribution in [2.75, 3.05) is 13.6 Å². The lowest BCUT2D eigenvalue weighted by Crippen LogP contribution is -2.54. The molecule has 8 nitrogen and oxygen atoms in total. The Hall–Kier alpha value is -2.61. The highest BCUT2D eigenvalue weighted by Crippen LogP contribution is 2.42. The first kappa shape index (κ1) is 23.7. The molecular formula is C21H27ClN2O6. The zero-order chi connectivity index (χ0) is 22.3. The van der Waals surface area contributed by atoms with Crippen LogP contribution in [0.25, 0.3) is 0 Å². The minimum atomic E-state index is -1.24. The van der Waals surface area contributed by atoms with E-state index in [1.165, 1.54) is 18.9 Å². The summed E-state index contributed by atoms with van der Waals surface area (Å²) in [4.78, 5) is 50.1. The molecule has 2 amide bonds. The van der Waals surface area contributed by atoms with Crippen LogP contribution in [0.4, 0.5) is 4.79 Å². The van der Waals surface area contributed by atoms with Gasteiger partial charge in [-0.1, -0.05) is 36.7 Å². The normalized spacial score (nSPS) is 19.5. The van der Waals surface area contributed by atoms with E-state index in [0.29, 0.717) is 23.4 Å². The van der Waals surface area contributed by atoms with Crippen LogP contribution < -0.4 is 5.32 Å². The summed E-state index contributed by atoms with van der Waals surface area (Å²) in [6, 6.07) is 6.92. The molecule has 0 bridgehead atoms. The van der Waals surface area contributed by atoms with Gasteiger partial charge < -0.3 is 14.8 Å². The number of halogens is 1. The van der Waals surface area contributed by atoms with Gasteiger partial charge in [0.05, 0.1) is 0 Å². The van der Waals surface area contributed by atoms with E-state index >= 15 is 0 Å². The molecule has 1 N–H and O–H groups in total. The third-order valence-electron chi connectivity index (χ3n) is 5.13. The number of esters is 1. The monoisotopic (exact) mass is 438 g/mol. The SMILES string of the molecule is CCC(=O)NCC(=O)OC(C)OC(=O)N(C)[C@]1(c2ccccc2Cl)CCCCC1=O. The fourth-order valence-electron chi connectivity index (χ4n) is 3.55. The maximum absolute atomic E-state index is 13.0. The van der Waals surface area contributed by atoms with E-state index in [4.69, 9.17) is 21.1 Å². The van der Waals surface area contributed by atoms with Crippen molar-refractivity contribution in [2.45, 2.75) is 57.8 Å². The first-order chi connectivity index (χ1) is 14.2. The lowest BCUT2D eigenvalue weighted by Gasteiger charge is -2.43. The van der Waals surface area contributed by atoms with Crippen molar-refractivity contribution in [3.8, 4) is 0 Å². The Morgan fingerprint density at radius 1 is 1.23 bits per heavy atom. The van der Waals surface area contributed by atoms with Gasteiger partial charge >= 0.3 is 12.1 Å². The van der Waals surface area contributed by atoms with Crippen molar-refractivity contribution in [3.05, 3.63) is 34.9 Å². The molecule has 0 heterocycles. The Morgan fingerprint density at radius 2 is 1.93 bits per heavy atom. The second-order valence-corrected chi connectivity index (χ2v) is 7.51. The topological polar surface area (TPSA) is 102 Å². The van der Waals surface area contributed by atoms with Gasteiger partial charge in [-0.25, -0.2) is 4.79 Å². The number of carbonyl (C=O) groups is 4. The van der Waals surface area contributed by atoms with Crippen LogP contribution >= 0.6 is 11.6 Å². The molecule has 9 heteroatoms. The van der Waals surface area contributed by atoms with Crippen molar-refractivity contribution in [2.24, 2.45) is 0 Å². The van der Waals surface area contributed by atoms with Gasteiger partial charge in [0.25, 0.3) is 0 Å². The van der Waals surface area contributed by atoms with E-state index in [0.717, 1.165) is 12.8 Å². The number of nitrogens with one attached hydrogen (secondary N) is 1. The van der Waals surface area contributed by atoms with Crippen molar-refractivity contribution < 1.29 is 28.7 Å². The third-order valence-corrected chi connectivity index (χ3v) is 5.46. The van der Waals surface area contributed by atoms with E-state index in [9.17, 15) is 19.2 Å². The van der Waals surface area contributed by atoms with Crippen molar-refractivity contribution in [1.29, 1.82) is 0 Å². The molecule has 1 aliphatic carbocycles. The molecule has 1 fully saturated rings. The summed E-state index contributed by atoms with van der Waals surface area (Å²) in [6.07, 6.45) is 0.446. The van der Waals surface area contributed by atoms with Gasteiger partial charge in [0.15, 0.2) is 5.78 Å². The average molecular weight is 439 g/mol. The summed E-state index contributed by atoms with van der Waals surface area (Å²) in [5.41, 5.74) is -0.699. The van der Waals surface area contributed by atoms with Gasteiger partial charge in [0.2, 0.25) is 12.2 Å². The van der Waals surface area contributed by atoms with Crippen molar-refractivity contribution >= 4 is 35.4 Å². The predicted octanol–water partition coefficient (Wildman–Crippen LogP) is 3.16. The van der Waals surface area contributed by atoms with Crippen LogP contribution in [-0.4, -0.2) is 48.5 Å². The van der Waals surface area contributed by atoms with Crippen LogP contribution in [0, 0.1) is 0 Å². The third kappa shape index (κ3) is 5.30. The highest BCUT2D eigenvalue weighted by Gasteiger charge is 2.48. The number of hydrogen-bond acceptors (Lipinski definition) is 6. The number of Topliss-reactive ketones (excluding diaryl/α,β-unsaturated/α-hetero) is 1. The molecule has 2 atom stereocenters. The second-order valence-electron chi connectivity index (χ2n) is 7.10. The van der Waals surface area contributed by atoms with Gasteiger partial charge in [0.1, 0.15) is 12.1 Å². The summed E-state index contributed by atoms with van der Waals surface area (Å²) < 4.78 is 10.2. The number of nitrogens with zero attached hydrogens (tertiary/aromatic N) is 1. The maximum atomic E-state index is 13.0. The molecule has 1 aromatic carbocycles. The van der Waals surface area contributed by atoms with E-state index < -0.39 is 23.9 Å². The number of carbonyl (C=O) groups excluding carboxylic acids is 4. The number of benzene rings is 1. The lowest BCUT2D eigenvalue weighted by atomic mass is 9.74. The van der Waals surface area contributed by atoms with Gasteiger partial charge in [0, 0.05) is 37.4 Å². The summed E-state index contributed by atoms with van der Waals surface area (Å²) in [5.74, 6) is -1.16. The smallest absolute Gasteiger partial charge is 0.413 e. The number of likely N-dealkylation sites (N-methyl/N-ethyl adjacent to an activating group) is 1. The van der Waals surface area contributed by atoms with E-state index in [2.05, 4.69) is 5.32 Å². The zero-order valence-corrected chi connectivity index (χ0v) is 18.2. The summed E-state index contributed by atoms with van der Waals surface area (Å²) in [5, 5.41) is 2.77. The standard InChI is InChI=1S/C21H27ClN2O6/c1-4-18(26)23-13-19(27)29-14(2)30-20(28)24(3)21(12-8-7-11-17(21)25)15-9-5-6-10-16(15)22/h5-6,9-10,14H,4,7-8,11-13H2,1-3H3,(H,23,26)/t14?,21-/m0/s1. The average Bonchev–Trinajstić information content (AvgIpc) is 2.72. The summed E-state index contributed by atoms with van der Waals surface area (Å²) in [7, 11) is 1.48. The number of rotatable bonds is 7. The van der Waals surface area contributed by atoms with Gasteiger partial charge in [-0.2, -0.15) is 0 Å². The molecule has 0 aliphatic heterocycles. The Labute approximate surface area is 180 Å². The molecule has 1 saturated carbocycles. The van der Waals surface area contributed by atoms with Crippen LogP contribution in [0.15, 0.2) is 24.3 Å². The molecule has 0 saturated heterocycles. The van der Waals surface area contributed by atoms with Crippen molar-refractivity contribution in [3.63, 3.8) is 0 Å². The molecule has 30 heavy (non-hydrogen) atoms. The van der Waals surface area contributed by atoms with E-state index in [1.54, 1.807) is 31.2 Å². The van der Waals surface area contributed by atoms with Gasteiger partial charge in [-0.3, -0.25) is 19.3 Å². The van der Waals surface area contributed by atoms with Crippen molar-refractivity contribution in [1.82, 2.24) is 10.2 Å². The molecule has 0 spiro atoms. The van der Waals surface area contributed by atoms with Crippen LogP contribution in [0.1, 0.15) is 51.5 Å². The molecule has 2 rings (SSSR count). The van der Waals surface area contributed by atoms with Crippen LogP contribution in [-0.2, 0) is 29.4 Å². The number of amides is 2. The summed E-state index contributed by atoms with van der Waals surface area (Å²) in [6.45, 7) is 2.71. The summed E-state index contributed by atoms with van der Waals surface area (Å²) >= 11 is 6.37. The molecule has 0 aromatic heterocycles. The zero-order valence-electron chi connectivity index (χ0n) is 17.4. The Balaban J connectivity index is 2.13.